The Morgan fingerprint density at radius 3 is 1.57 bits per heavy atom. The second kappa shape index (κ2) is 11.6. The van der Waals surface area contributed by atoms with Gasteiger partial charge in [0.1, 0.15) is 0 Å². The van der Waals surface area contributed by atoms with Crippen molar-refractivity contribution >= 4 is 0 Å². The first-order valence-electron chi connectivity index (χ1n) is 9.84. The second-order valence-corrected chi connectivity index (χ2v) is 8.33. The van der Waals surface area contributed by atoms with Crippen molar-refractivity contribution in [3.63, 3.8) is 0 Å². The highest BCUT2D eigenvalue weighted by atomic mass is 14.4. The van der Waals surface area contributed by atoms with Gasteiger partial charge in [0.2, 0.25) is 0 Å². The molecule has 128 valence electrons. The van der Waals surface area contributed by atoms with E-state index in [2.05, 4.69) is 55.4 Å². The van der Waals surface area contributed by atoms with Crippen molar-refractivity contribution in [3.05, 3.63) is 0 Å². The van der Waals surface area contributed by atoms with Crippen LogP contribution in [0.5, 0.6) is 0 Å². The van der Waals surface area contributed by atoms with Crippen LogP contribution in [0.3, 0.4) is 0 Å². The molecule has 0 fully saturated rings. The van der Waals surface area contributed by atoms with Crippen LogP contribution in [0.15, 0.2) is 0 Å². The fraction of sp³-hybridized carbons (Fsp3) is 1.00. The van der Waals surface area contributed by atoms with E-state index in [-0.39, 0.29) is 0 Å². The lowest BCUT2D eigenvalue weighted by Gasteiger charge is -2.39. The maximum atomic E-state index is 2.53. The largest absolute Gasteiger partial charge is 0.0654 e. The Morgan fingerprint density at radius 2 is 1.14 bits per heavy atom. The van der Waals surface area contributed by atoms with Crippen molar-refractivity contribution in [2.45, 2.75) is 100 Å². The number of rotatable bonds is 12. The fourth-order valence-corrected chi connectivity index (χ4v) is 4.40. The third kappa shape index (κ3) is 8.27. The summed E-state index contributed by atoms with van der Waals surface area (Å²) in [5.74, 6) is 5.24. The molecular formula is C21H44. The lowest BCUT2D eigenvalue weighted by molar-refractivity contribution is 0.105. The van der Waals surface area contributed by atoms with Crippen LogP contribution in [0.2, 0.25) is 0 Å². The maximum Gasteiger partial charge on any atom is -0.0337 e. The van der Waals surface area contributed by atoms with Crippen LogP contribution in [0.1, 0.15) is 100 Å². The van der Waals surface area contributed by atoms with Gasteiger partial charge in [-0.1, -0.05) is 93.9 Å². The molecule has 0 aliphatic heterocycles. The standard InChI is InChI=1S/C21H44/c1-9-11-13-18(7)15-20(19(8)14-12-10-2)21(16(3)4)17(5)6/h16-21H,9-15H2,1-8H3. The number of hydrogen-bond donors (Lipinski definition) is 0. The molecule has 0 bridgehead atoms. The van der Waals surface area contributed by atoms with Gasteiger partial charge in [0, 0.05) is 0 Å². The van der Waals surface area contributed by atoms with Gasteiger partial charge in [0.05, 0.1) is 0 Å². The summed E-state index contributed by atoms with van der Waals surface area (Å²) < 4.78 is 0. The molecule has 3 unspecified atom stereocenters. The summed E-state index contributed by atoms with van der Waals surface area (Å²) in [6, 6.07) is 0. The van der Waals surface area contributed by atoms with Crippen molar-refractivity contribution in [2.24, 2.45) is 35.5 Å². The maximum absolute atomic E-state index is 2.53. The van der Waals surface area contributed by atoms with Crippen molar-refractivity contribution in [1.82, 2.24) is 0 Å². The Kier molecular flexibility index (Phi) is 11.6. The molecule has 0 N–H and O–H groups in total. The van der Waals surface area contributed by atoms with E-state index >= 15 is 0 Å². The third-order valence-corrected chi connectivity index (χ3v) is 5.50. The van der Waals surface area contributed by atoms with Gasteiger partial charge in [-0.2, -0.15) is 0 Å². The lowest BCUT2D eigenvalue weighted by atomic mass is 9.67. The molecule has 0 aromatic carbocycles. The first kappa shape index (κ1) is 21.0. The minimum absolute atomic E-state index is 0.817. The zero-order valence-corrected chi connectivity index (χ0v) is 16.4. The predicted octanol–water partition coefficient (Wildman–Crippen LogP) is 7.57. The van der Waals surface area contributed by atoms with E-state index in [1.165, 1.54) is 44.9 Å². The first-order chi connectivity index (χ1) is 9.84. The molecule has 0 radical (unpaired) electrons. The second-order valence-electron chi connectivity index (χ2n) is 8.33. The highest BCUT2D eigenvalue weighted by molar-refractivity contribution is 4.81. The summed E-state index contributed by atoms with van der Waals surface area (Å²) in [6.45, 7) is 19.5. The minimum Gasteiger partial charge on any atom is -0.0654 e. The molecule has 0 saturated carbocycles. The zero-order valence-electron chi connectivity index (χ0n) is 16.4. The molecule has 0 aromatic heterocycles. The highest BCUT2D eigenvalue weighted by Gasteiger charge is 2.31. The topological polar surface area (TPSA) is 0 Å². The van der Waals surface area contributed by atoms with Gasteiger partial charge in [-0.05, 0) is 41.9 Å². The smallest absolute Gasteiger partial charge is 0.0337 e. The molecule has 0 aliphatic rings. The summed E-state index contributed by atoms with van der Waals surface area (Å²) in [5, 5.41) is 0. The molecule has 0 aromatic rings. The van der Waals surface area contributed by atoms with Crippen LogP contribution in [-0.4, -0.2) is 0 Å². The van der Waals surface area contributed by atoms with Crippen molar-refractivity contribution < 1.29 is 0 Å². The number of unbranched alkanes of at least 4 members (excludes halogenated alkanes) is 2. The third-order valence-electron chi connectivity index (χ3n) is 5.50. The van der Waals surface area contributed by atoms with Crippen molar-refractivity contribution in [1.29, 1.82) is 0 Å². The van der Waals surface area contributed by atoms with E-state index < -0.39 is 0 Å². The van der Waals surface area contributed by atoms with Crippen LogP contribution in [0.25, 0.3) is 0 Å². The molecule has 0 rings (SSSR count). The fourth-order valence-electron chi connectivity index (χ4n) is 4.40. The van der Waals surface area contributed by atoms with E-state index in [0.717, 1.165) is 35.5 Å². The Labute approximate surface area is 136 Å². The molecule has 0 amide bonds. The SMILES string of the molecule is CCCCC(C)CC(C(C)CCCC)C(C(C)C)C(C)C. The Bertz CT molecular complexity index is 220. The summed E-state index contributed by atoms with van der Waals surface area (Å²) in [6.07, 6.45) is 9.81. The van der Waals surface area contributed by atoms with Crippen LogP contribution in [-0.2, 0) is 0 Å². The normalized spacial score (nSPS) is 16.7. The Morgan fingerprint density at radius 1 is 0.667 bits per heavy atom. The Balaban J connectivity index is 4.88. The van der Waals surface area contributed by atoms with E-state index in [0.29, 0.717) is 0 Å². The lowest BCUT2D eigenvalue weighted by Crippen LogP contribution is -2.31. The van der Waals surface area contributed by atoms with E-state index in [9.17, 15) is 0 Å². The monoisotopic (exact) mass is 296 g/mol. The summed E-state index contributed by atoms with van der Waals surface area (Å²) in [5.41, 5.74) is 0. The van der Waals surface area contributed by atoms with E-state index in [1.807, 2.05) is 0 Å². The van der Waals surface area contributed by atoms with Gasteiger partial charge in [-0.25, -0.2) is 0 Å². The molecule has 0 spiro atoms. The average Bonchev–Trinajstić information content (AvgIpc) is 2.40. The number of hydrogen-bond acceptors (Lipinski definition) is 0. The van der Waals surface area contributed by atoms with Gasteiger partial charge < -0.3 is 0 Å². The van der Waals surface area contributed by atoms with Gasteiger partial charge in [0.25, 0.3) is 0 Å². The van der Waals surface area contributed by atoms with E-state index in [1.54, 1.807) is 0 Å². The highest BCUT2D eigenvalue weighted by Crippen LogP contribution is 2.40. The van der Waals surface area contributed by atoms with Gasteiger partial charge in [0.15, 0.2) is 0 Å². The molecule has 0 nitrogen and oxygen atoms in total. The van der Waals surface area contributed by atoms with Crippen LogP contribution in [0, 0.1) is 35.5 Å². The first-order valence-corrected chi connectivity index (χ1v) is 9.84. The molecular weight excluding hydrogens is 252 g/mol. The van der Waals surface area contributed by atoms with E-state index in [4.69, 9.17) is 0 Å². The quantitative estimate of drug-likeness (QED) is 0.348. The van der Waals surface area contributed by atoms with Gasteiger partial charge in [-0.15, -0.1) is 0 Å². The van der Waals surface area contributed by atoms with Gasteiger partial charge in [-0.3, -0.25) is 0 Å². The van der Waals surface area contributed by atoms with Crippen LogP contribution in [0.4, 0.5) is 0 Å². The Hall–Kier alpha value is 0. The van der Waals surface area contributed by atoms with Crippen molar-refractivity contribution in [3.8, 4) is 0 Å². The molecule has 21 heavy (non-hydrogen) atoms. The molecule has 0 heterocycles. The predicted molar refractivity (Wildman–Crippen MR) is 98.7 cm³/mol. The summed E-state index contributed by atoms with van der Waals surface area (Å²) >= 11 is 0. The molecule has 0 saturated heterocycles. The summed E-state index contributed by atoms with van der Waals surface area (Å²) in [7, 11) is 0. The minimum atomic E-state index is 0.817. The zero-order chi connectivity index (χ0) is 16.4. The van der Waals surface area contributed by atoms with Gasteiger partial charge >= 0.3 is 0 Å². The molecule has 3 atom stereocenters. The van der Waals surface area contributed by atoms with Crippen molar-refractivity contribution in [2.75, 3.05) is 0 Å². The molecule has 0 heteroatoms. The molecule has 0 aliphatic carbocycles. The summed E-state index contributed by atoms with van der Waals surface area (Å²) in [4.78, 5) is 0. The average molecular weight is 297 g/mol. The van der Waals surface area contributed by atoms with Crippen LogP contribution < -0.4 is 0 Å². The van der Waals surface area contributed by atoms with Crippen LogP contribution >= 0.6 is 0 Å².